The zero-order valence-electron chi connectivity index (χ0n) is 22.6. The number of hydrogen-bond acceptors (Lipinski definition) is 6. The van der Waals surface area contributed by atoms with E-state index in [1.165, 1.54) is 29.2 Å². The lowest BCUT2D eigenvalue weighted by Crippen LogP contribution is -2.46. The molecule has 0 radical (unpaired) electrons. The van der Waals surface area contributed by atoms with Crippen LogP contribution in [0.1, 0.15) is 89.6 Å². The molecular weight excluding hydrogens is 565 g/mol. The summed E-state index contributed by atoms with van der Waals surface area (Å²) in [6.45, 7) is 0. The minimum atomic E-state index is -1.15. The Morgan fingerprint density at radius 1 is 0.902 bits per heavy atom. The largest absolute Gasteiger partial charge is 0.395 e. The van der Waals surface area contributed by atoms with Gasteiger partial charge < -0.3 is 16.4 Å². The topological polar surface area (TPSA) is 117 Å². The van der Waals surface area contributed by atoms with Gasteiger partial charge in [0.2, 0.25) is 5.91 Å². The predicted molar refractivity (Wildman–Crippen MR) is 159 cm³/mol. The number of aromatic nitrogens is 1. The second kappa shape index (κ2) is 13.0. The normalized spacial score (nSPS) is 16.7. The smallest absolute Gasteiger partial charge is 0.273 e. The molecule has 0 aliphatic heterocycles. The Kier molecular flexibility index (Phi) is 9.19. The molecule has 3 amide bonds. The number of anilines is 2. The number of halogens is 2. The number of benzene rings is 2. The number of nitrogens with one attached hydrogen (secondary N) is 2. The van der Waals surface area contributed by atoms with Crippen molar-refractivity contribution in [1.82, 2.24) is 15.0 Å². The first kappa shape index (κ1) is 29.0. The number of hydrogen-bond donors (Lipinski definition) is 3. The van der Waals surface area contributed by atoms with Crippen LogP contribution in [0.25, 0.3) is 0 Å². The Hall–Kier alpha value is -3.50. The summed E-state index contributed by atoms with van der Waals surface area (Å²) in [5.74, 6) is -1.88. The SMILES string of the molecule is Nc1c(C(=O)NC2CCCCC2)nsc1C(=O)N(c1ccc(Cl)cc1)[C@H](C(=O)NC1CCCC1)c1ccc(F)cc1. The van der Waals surface area contributed by atoms with Crippen LogP contribution in [0.3, 0.4) is 0 Å². The molecule has 2 saturated carbocycles. The van der Waals surface area contributed by atoms with E-state index in [0.717, 1.165) is 69.3 Å². The Balaban J connectivity index is 1.52. The van der Waals surface area contributed by atoms with Crippen LogP contribution < -0.4 is 21.3 Å². The van der Waals surface area contributed by atoms with Crippen molar-refractivity contribution < 1.29 is 18.8 Å². The van der Waals surface area contributed by atoms with Crippen LogP contribution in [-0.4, -0.2) is 34.2 Å². The maximum atomic E-state index is 14.3. The first-order valence-electron chi connectivity index (χ1n) is 14.0. The van der Waals surface area contributed by atoms with Crippen LogP contribution in [0.4, 0.5) is 15.8 Å². The minimum Gasteiger partial charge on any atom is -0.395 e. The molecule has 1 atom stereocenters. The predicted octanol–water partition coefficient (Wildman–Crippen LogP) is 6.03. The van der Waals surface area contributed by atoms with Gasteiger partial charge in [-0.2, -0.15) is 4.37 Å². The molecule has 41 heavy (non-hydrogen) atoms. The molecule has 216 valence electrons. The highest BCUT2D eigenvalue weighted by molar-refractivity contribution is 7.09. The number of nitrogens with two attached hydrogens (primary N) is 1. The van der Waals surface area contributed by atoms with E-state index in [1.807, 2.05) is 0 Å². The molecule has 11 heteroatoms. The average molecular weight is 598 g/mol. The van der Waals surface area contributed by atoms with Gasteiger partial charge in [-0.15, -0.1) is 0 Å². The highest BCUT2D eigenvalue weighted by Crippen LogP contribution is 2.34. The van der Waals surface area contributed by atoms with Gasteiger partial charge in [0.25, 0.3) is 11.8 Å². The van der Waals surface area contributed by atoms with Crippen molar-refractivity contribution in [2.75, 3.05) is 10.6 Å². The third-order valence-electron chi connectivity index (χ3n) is 7.80. The maximum absolute atomic E-state index is 14.3. The van der Waals surface area contributed by atoms with E-state index in [1.54, 1.807) is 24.3 Å². The lowest BCUT2D eigenvalue weighted by Gasteiger charge is -2.32. The lowest BCUT2D eigenvalue weighted by molar-refractivity contribution is -0.123. The molecule has 4 N–H and O–H groups in total. The molecule has 0 bridgehead atoms. The summed E-state index contributed by atoms with van der Waals surface area (Å²) in [5.41, 5.74) is 7.14. The lowest BCUT2D eigenvalue weighted by atomic mass is 9.95. The van der Waals surface area contributed by atoms with Crippen molar-refractivity contribution in [2.24, 2.45) is 0 Å². The fourth-order valence-electron chi connectivity index (χ4n) is 5.62. The molecule has 2 aliphatic rings. The zero-order valence-corrected chi connectivity index (χ0v) is 24.1. The van der Waals surface area contributed by atoms with Gasteiger partial charge >= 0.3 is 0 Å². The van der Waals surface area contributed by atoms with Crippen molar-refractivity contribution in [2.45, 2.75) is 75.9 Å². The molecule has 2 aromatic carbocycles. The summed E-state index contributed by atoms with van der Waals surface area (Å²) >= 11 is 6.97. The highest BCUT2D eigenvalue weighted by atomic mass is 35.5. The molecule has 0 unspecified atom stereocenters. The molecule has 5 rings (SSSR count). The van der Waals surface area contributed by atoms with E-state index in [-0.39, 0.29) is 28.3 Å². The van der Waals surface area contributed by atoms with E-state index >= 15 is 0 Å². The van der Waals surface area contributed by atoms with E-state index in [2.05, 4.69) is 15.0 Å². The molecule has 1 heterocycles. The van der Waals surface area contributed by atoms with E-state index in [9.17, 15) is 18.8 Å². The quantitative estimate of drug-likeness (QED) is 0.293. The third kappa shape index (κ3) is 6.70. The fraction of sp³-hybridized carbons (Fsp3) is 0.400. The summed E-state index contributed by atoms with van der Waals surface area (Å²) in [4.78, 5) is 42.6. The number of nitrogen functional groups attached to an aromatic ring is 1. The summed E-state index contributed by atoms with van der Waals surface area (Å²) in [7, 11) is 0. The standard InChI is InChI=1S/C30H33ClFN5O3S/c31-19-12-16-23(17-13-19)37(26(18-10-14-20(32)15-11-18)29(39)35-22-8-4-5-9-22)30(40)27-24(33)25(36-41-27)28(38)34-21-6-2-1-3-7-21/h10-17,21-22,26H,1-9,33H2,(H,34,38)(H,35,39)/t26-/m0/s1. The average Bonchev–Trinajstić information content (AvgIpc) is 3.62. The van der Waals surface area contributed by atoms with Gasteiger partial charge in [-0.3, -0.25) is 19.3 Å². The molecular formula is C30H33ClFN5O3S. The first-order chi connectivity index (χ1) is 19.8. The Bertz CT molecular complexity index is 1390. The molecule has 2 aliphatic carbocycles. The van der Waals surface area contributed by atoms with Crippen molar-refractivity contribution in [1.29, 1.82) is 0 Å². The Morgan fingerprint density at radius 3 is 2.12 bits per heavy atom. The maximum Gasteiger partial charge on any atom is 0.273 e. The Labute approximate surface area is 247 Å². The minimum absolute atomic E-state index is 0.00582. The van der Waals surface area contributed by atoms with Crippen molar-refractivity contribution in [3.05, 3.63) is 75.5 Å². The second-order valence-electron chi connectivity index (χ2n) is 10.7. The van der Waals surface area contributed by atoms with E-state index in [0.29, 0.717) is 16.3 Å². The van der Waals surface area contributed by atoms with Crippen molar-refractivity contribution >= 4 is 52.2 Å². The number of nitrogens with zero attached hydrogens (tertiary/aromatic N) is 2. The molecule has 1 aromatic heterocycles. The molecule has 3 aromatic rings. The summed E-state index contributed by atoms with van der Waals surface area (Å²) in [6.07, 6.45) is 8.73. The van der Waals surface area contributed by atoms with Crippen LogP contribution in [0, 0.1) is 5.82 Å². The third-order valence-corrected chi connectivity index (χ3v) is 8.90. The van der Waals surface area contributed by atoms with E-state index < -0.39 is 29.6 Å². The fourth-order valence-corrected chi connectivity index (χ4v) is 6.48. The van der Waals surface area contributed by atoms with Gasteiger partial charge in [-0.1, -0.05) is 55.8 Å². The van der Waals surface area contributed by atoms with Crippen molar-refractivity contribution in [3.63, 3.8) is 0 Å². The summed E-state index contributed by atoms with van der Waals surface area (Å²) < 4.78 is 18.2. The van der Waals surface area contributed by atoms with Gasteiger partial charge in [0.1, 0.15) is 16.7 Å². The van der Waals surface area contributed by atoms with E-state index in [4.69, 9.17) is 17.3 Å². The molecule has 8 nitrogen and oxygen atoms in total. The van der Waals surface area contributed by atoms with Crippen LogP contribution in [0.15, 0.2) is 48.5 Å². The van der Waals surface area contributed by atoms with Crippen LogP contribution in [0.2, 0.25) is 5.02 Å². The monoisotopic (exact) mass is 597 g/mol. The van der Waals surface area contributed by atoms with Crippen LogP contribution in [-0.2, 0) is 4.79 Å². The number of carbonyl (C=O) groups excluding carboxylic acids is 3. The summed E-state index contributed by atoms with van der Waals surface area (Å²) in [5, 5.41) is 6.53. The molecule has 2 fully saturated rings. The van der Waals surface area contributed by atoms with Gasteiger partial charge in [0.05, 0.1) is 5.69 Å². The molecule has 0 saturated heterocycles. The number of amides is 3. The Morgan fingerprint density at radius 2 is 1.49 bits per heavy atom. The van der Waals surface area contributed by atoms with Crippen LogP contribution >= 0.6 is 23.1 Å². The highest BCUT2D eigenvalue weighted by Gasteiger charge is 2.37. The van der Waals surface area contributed by atoms with Gasteiger partial charge in [-0.25, -0.2) is 4.39 Å². The van der Waals surface area contributed by atoms with Crippen molar-refractivity contribution in [3.8, 4) is 0 Å². The first-order valence-corrected chi connectivity index (χ1v) is 15.2. The van der Waals surface area contributed by atoms with Crippen LogP contribution in [0.5, 0.6) is 0 Å². The van der Waals surface area contributed by atoms with Gasteiger partial charge in [0, 0.05) is 22.8 Å². The zero-order chi connectivity index (χ0) is 28.9. The second-order valence-corrected chi connectivity index (χ2v) is 11.9. The number of carbonyl (C=O) groups is 3. The number of rotatable bonds is 8. The van der Waals surface area contributed by atoms with Gasteiger partial charge in [-0.05, 0) is 79.2 Å². The molecule has 0 spiro atoms. The summed E-state index contributed by atoms with van der Waals surface area (Å²) in [6, 6.07) is 10.9. The van der Waals surface area contributed by atoms with Gasteiger partial charge in [0.15, 0.2) is 5.69 Å².